The van der Waals surface area contributed by atoms with Crippen molar-refractivity contribution < 1.29 is 28.4 Å². The van der Waals surface area contributed by atoms with Gasteiger partial charge in [-0.1, -0.05) is 0 Å². The van der Waals surface area contributed by atoms with Gasteiger partial charge in [0.15, 0.2) is 0 Å². The molecule has 2 N–H and O–H groups in total. The number of aryl methyl sites for hydroxylation is 1. The first-order chi connectivity index (χ1) is 20.7. The predicted molar refractivity (Wildman–Crippen MR) is 163 cm³/mol. The summed E-state index contributed by atoms with van der Waals surface area (Å²) in [5, 5.41) is 0. The first-order valence-corrected chi connectivity index (χ1v) is 17.0. The SMILES string of the molecule is COc1ccc(C(OC[C@H]2O[C@@H](n3cc(C)c(=O)[nH]c3=O)C[C@@H]2OP(O)[Se])(c2ccccc2)c2ccc(OC)cc2)cc1. The fraction of sp³-hybridized carbons (Fsp3) is 0.290. The summed E-state index contributed by atoms with van der Waals surface area (Å²) in [5.41, 5.74) is 0.786. The Bertz CT molecular complexity index is 1580. The van der Waals surface area contributed by atoms with Crippen molar-refractivity contribution in [1.29, 1.82) is 0 Å². The summed E-state index contributed by atoms with van der Waals surface area (Å²) in [6.07, 6.45) is -0.306. The average Bonchev–Trinajstić information content (AvgIpc) is 3.41. The second kappa shape index (κ2) is 13.6. The summed E-state index contributed by atoms with van der Waals surface area (Å²) >= 11 is 2.60. The molecular weight excluding hydrogens is 638 g/mol. The third-order valence-electron chi connectivity index (χ3n) is 7.50. The third-order valence-corrected chi connectivity index (χ3v) is 8.49. The summed E-state index contributed by atoms with van der Waals surface area (Å²) in [6.45, 7) is 1.65. The molecule has 12 heteroatoms. The molecule has 0 spiro atoms. The molecule has 0 bridgehead atoms. The maximum atomic E-state index is 12.7. The quantitative estimate of drug-likeness (QED) is 0.140. The van der Waals surface area contributed by atoms with Crippen LogP contribution >= 0.6 is 7.07 Å². The van der Waals surface area contributed by atoms with E-state index < -0.39 is 42.4 Å². The van der Waals surface area contributed by atoms with Crippen LogP contribution in [0.1, 0.15) is 34.9 Å². The zero-order valence-corrected chi connectivity index (χ0v) is 26.4. The van der Waals surface area contributed by atoms with Crippen molar-refractivity contribution in [3.8, 4) is 11.5 Å². The molecule has 5 rings (SSSR count). The summed E-state index contributed by atoms with van der Waals surface area (Å²) < 4.78 is 31.4. The van der Waals surface area contributed by atoms with Gasteiger partial charge in [0.05, 0.1) is 14.2 Å². The van der Waals surface area contributed by atoms with Crippen molar-refractivity contribution >= 4 is 22.6 Å². The Morgan fingerprint density at radius 1 is 0.953 bits per heavy atom. The van der Waals surface area contributed by atoms with Crippen LogP contribution in [0.2, 0.25) is 0 Å². The number of nitrogens with one attached hydrogen (secondary N) is 1. The van der Waals surface area contributed by atoms with Crippen LogP contribution in [0, 0.1) is 6.92 Å². The minimum absolute atomic E-state index is 0.0361. The second-order valence-electron chi connectivity index (χ2n) is 10.0. The Morgan fingerprint density at radius 2 is 1.51 bits per heavy atom. The van der Waals surface area contributed by atoms with E-state index in [0.717, 1.165) is 16.7 Å². The van der Waals surface area contributed by atoms with E-state index in [-0.39, 0.29) is 13.0 Å². The number of ether oxygens (including phenoxy) is 4. The molecule has 1 aliphatic heterocycles. The maximum absolute atomic E-state index is 12.7. The minimum atomic E-state index is -1.86. The molecule has 3 aromatic carbocycles. The summed E-state index contributed by atoms with van der Waals surface area (Å²) in [5.74, 6) is 1.40. The van der Waals surface area contributed by atoms with Gasteiger partial charge in [0.2, 0.25) is 0 Å². The first-order valence-electron chi connectivity index (χ1n) is 13.5. The summed E-state index contributed by atoms with van der Waals surface area (Å²) in [6, 6.07) is 25.2. The number of rotatable bonds is 11. The van der Waals surface area contributed by atoms with Crippen molar-refractivity contribution in [2.24, 2.45) is 0 Å². The van der Waals surface area contributed by atoms with Gasteiger partial charge in [-0.3, -0.25) is 0 Å². The molecule has 1 saturated heterocycles. The normalized spacial score (nSPS) is 19.2. The molecule has 1 radical (unpaired) electrons. The Morgan fingerprint density at radius 3 is 2.05 bits per heavy atom. The molecule has 1 aliphatic rings. The molecule has 0 aliphatic carbocycles. The molecule has 4 atom stereocenters. The van der Waals surface area contributed by atoms with Crippen LogP contribution in [0.4, 0.5) is 0 Å². The van der Waals surface area contributed by atoms with Gasteiger partial charge >= 0.3 is 244 Å². The van der Waals surface area contributed by atoms with Gasteiger partial charge in [0, 0.05) is 0 Å². The number of nitrogens with zero attached hydrogens (tertiary/aromatic N) is 1. The van der Waals surface area contributed by atoms with Crippen molar-refractivity contribution in [1.82, 2.24) is 9.55 Å². The monoisotopic (exact) mass is 671 g/mol. The van der Waals surface area contributed by atoms with Crippen LogP contribution in [-0.2, 0) is 19.6 Å². The summed E-state index contributed by atoms with van der Waals surface area (Å²) in [7, 11) is 1.37. The fourth-order valence-electron chi connectivity index (χ4n) is 5.33. The third kappa shape index (κ3) is 6.64. The average molecular weight is 671 g/mol. The molecule has 1 fully saturated rings. The van der Waals surface area contributed by atoms with Crippen LogP contribution in [-0.4, -0.2) is 63.0 Å². The topological polar surface area (TPSA) is 121 Å². The van der Waals surface area contributed by atoms with E-state index in [0.29, 0.717) is 17.1 Å². The molecule has 225 valence electrons. The van der Waals surface area contributed by atoms with Gasteiger partial charge in [0.25, 0.3) is 0 Å². The number of benzene rings is 3. The Hall–Kier alpha value is -3.27. The number of aromatic amines is 1. The second-order valence-corrected chi connectivity index (χ2v) is 12.7. The van der Waals surface area contributed by atoms with Crippen LogP contribution in [0.5, 0.6) is 11.5 Å². The molecule has 0 amide bonds. The molecule has 43 heavy (non-hydrogen) atoms. The molecular formula is C31H32N2O8PSe. The van der Waals surface area contributed by atoms with Gasteiger partial charge in [-0.2, -0.15) is 0 Å². The van der Waals surface area contributed by atoms with E-state index in [1.807, 2.05) is 78.9 Å². The van der Waals surface area contributed by atoms with Crippen LogP contribution < -0.4 is 20.7 Å². The Labute approximate surface area is 257 Å². The van der Waals surface area contributed by atoms with Crippen molar-refractivity contribution in [3.63, 3.8) is 0 Å². The van der Waals surface area contributed by atoms with Crippen molar-refractivity contribution in [2.75, 3.05) is 20.8 Å². The first kappa shape index (κ1) is 31.2. The zero-order valence-electron chi connectivity index (χ0n) is 23.8. The number of methoxy groups -OCH3 is 2. The van der Waals surface area contributed by atoms with Gasteiger partial charge in [-0.25, -0.2) is 0 Å². The van der Waals surface area contributed by atoms with E-state index >= 15 is 0 Å². The van der Waals surface area contributed by atoms with Gasteiger partial charge in [-0.05, 0) is 0 Å². The molecule has 4 aromatic rings. The summed E-state index contributed by atoms with van der Waals surface area (Å²) in [4.78, 5) is 37.1. The van der Waals surface area contributed by atoms with Crippen molar-refractivity contribution in [3.05, 3.63) is 128 Å². The standard InChI is InChI=1S/C31H32N2O8PSe/c1-20-18-33(30(35)32-29(20)34)28-17-26(41-42(36)43)27(40-28)19-39-31(21-7-5-4-6-8-21,22-9-13-24(37-2)14-10-22)23-11-15-25(38-3)16-12-23/h4-16,18,26-28,36H,17,19H2,1-3H3,(H,32,34,35)/t26-,27+,28+,42?/m0/s1. The number of hydrogen-bond donors (Lipinski definition) is 2. The fourth-order valence-corrected chi connectivity index (χ4v) is 6.48. The van der Waals surface area contributed by atoms with E-state index in [9.17, 15) is 14.5 Å². The van der Waals surface area contributed by atoms with Gasteiger partial charge < -0.3 is 0 Å². The van der Waals surface area contributed by atoms with Crippen LogP contribution in [0.15, 0.2) is 94.6 Å². The molecule has 1 unspecified atom stereocenters. The Kier molecular flexibility index (Phi) is 9.84. The molecule has 10 nitrogen and oxygen atoms in total. The number of hydrogen-bond acceptors (Lipinski definition) is 8. The van der Waals surface area contributed by atoms with Crippen molar-refractivity contribution in [2.45, 2.75) is 37.4 Å². The van der Waals surface area contributed by atoms with E-state index in [1.54, 1.807) is 21.1 Å². The van der Waals surface area contributed by atoms with E-state index in [2.05, 4.69) is 20.6 Å². The van der Waals surface area contributed by atoms with Gasteiger partial charge in [0.1, 0.15) is 0 Å². The number of aromatic nitrogens is 2. The molecule has 1 aromatic heterocycles. The zero-order chi connectivity index (χ0) is 30.6. The predicted octanol–water partition coefficient (Wildman–Crippen LogP) is 3.93. The van der Waals surface area contributed by atoms with Gasteiger partial charge in [-0.15, -0.1) is 0 Å². The molecule has 2 heterocycles. The molecule has 0 saturated carbocycles. The van der Waals surface area contributed by atoms with Crippen LogP contribution in [0.3, 0.4) is 0 Å². The van der Waals surface area contributed by atoms with Crippen LogP contribution in [0.25, 0.3) is 0 Å². The number of H-pyrrole nitrogens is 1. The van der Waals surface area contributed by atoms with E-state index in [1.165, 1.54) is 10.8 Å². The van der Waals surface area contributed by atoms with E-state index in [4.69, 9.17) is 23.5 Å². The Balaban J connectivity index is 1.57.